The van der Waals surface area contributed by atoms with E-state index in [-0.39, 0.29) is 5.91 Å². The third kappa shape index (κ3) is 2.97. The van der Waals surface area contributed by atoms with Crippen LogP contribution in [0, 0.1) is 0 Å². The monoisotopic (exact) mass is 305 g/mol. The zero-order valence-corrected chi connectivity index (χ0v) is 12.9. The van der Waals surface area contributed by atoms with Gasteiger partial charge in [-0.15, -0.1) is 0 Å². The van der Waals surface area contributed by atoms with Gasteiger partial charge in [0.1, 0.15) is 0 Å². The number of carbonyl (C=O) groups is 1. The topological polar surface area (TPSA) is 49.0 Å². The average molecular weight is 305 g/mol. The minimum atomic E-state index is 0.203. The van der Waals surface area contributed by atoms with Gasteiger partial charge in [0.25, 0.3) is 0 Å². The van der Waals surface area contributed by atoms with Crippen molar-refractivity contribution in [2.45, 2.75) is 31.8 Å². The molecule has 0 radical (unpaired) electrons. The van der Waals surface area contributed by atoms with E-state index in [4.69, 9.17) is 0 Å². The van der Waals surface area contributed by atoms with Crippen LogP contribution in [0.5, 0.6) is 0 Å². The van der Waals surface area contributed by atoms with Crippen molar-refractivity contribution in [3.05, 3.63) is 66.1 Å². The molecule has 0 bridgehead atoms. The van der Waals surface area contributed by atoms with Crippen LogP contribution in [0.3, 0.4) is 0 Å². The van der Waals surface area contributed by atoms with E-state index < -0.39 is 0 Å². The van der Waals surface area contributed by atoms with Crippen molar-refractivity contribution in [3.8, 4) is 0 Å². The van der Waals surface area contributed by atoms with Gasteiger partial charge in [-0.3, -0.25) is 9.78 Å². The summed E-state index contributed by atoms with van der Waals surface area (Å²) in [4.78, 5) is 22.2. The molecule has 2 aromatic heterocycles. The summed E-state index contributed by atoms with van der Waals surface area (Å²) in [6.45, 7) is 0.675. The maximum atomic E-state index is 12.8. The summed E-state index contributed by atoms with van der Waals surface area (Å²) >= 11 is 0. The first-order valence-corrected chi connectivity index (χ1v) is 8.04. The van der Waals surface area contributed by atoms with Gasteiger partial charge in [0.2, 0.25) is 5.91 Å². The molecule has 1 N–H and O–H groups in total. The van der Waals surface area contributed by atoms with Crippen LogP contribution in [0.2, 0.25) is 0 Å². The third-order valence-corrected chi connectivity index (χ3v) is 4.43. The summed E-state index contributed by atoms with van der Waals surface area (Å²) < 4.78 is 0. The Balaban J connectivity index is 1.54. The summed E-state index contributed by atoms with van der Waals surface area (Å²) in [5.74, 6) is 0.203. The van der Waals surface area contributed by atoms with Crippen LogP contribution in [0.15, 0.2) is 55.0 Å². The Morgan fingerprint density at radius 3 is 2.74 bits per heavy atom. The normalized spacial score (nSPS) is 14.1. The Kier molecular flexibility index (Phi) is 3.58. The van der Waals surface area contributed by atoms with Gasteiger partial charge in [0.05, 0.1) is 6.42 Å². The van der Waals surface area contributed by atoms with Gasteiger partial charge >= 0.3 is 0 Å². The van der Waals surface area contributed by atoms with Crippen LogP contribution in [0.4, 0.5) is 0 Å². The molecule has 116 valence electrons. The molecule has 3 aromatic rings. The number of carbonyl (C=O) groups excluding carboxylic acids is 1. The molecule has 1 aliphatic carbocycles. The maximum absolute atomic E-state index is 12.8. The van der Waals surface area contributed by atoms with Crippen LogP contribution in [-0.2, 0) is 17.8 Å². The minimum Gasteiger partial charge on any atom is -0.361 e. The number of pyridine rings is 1. The molecule has 4 heteroatoms. The zero-order valence-electron chi connectivity index (χ0n) is 12.9. The molecular weight excluding hydrogens is 286 g/mol. The quantitative estimate of drug-likeness (QED) is 0.786. The largest absolute Gasteiger partial charge is 0.361 e. The molecule has 0 aliphatic heterocycles. The maximum Gasteiger partial charge on any atom is 0.227 e. The summed E-state index contributed by atoms with van der Waals surface area (Å²) in [5, 5.41) is 1.14. The second-order valence-electron chi connectivity index (χ2n) is 6.14. The van der Waals surface area contributed by atoms with Crippen molar-refractivity contribution < 1.29 is 4.79 Å². The van der Waals surface area contributed by atoms with Crippen LogP contribution < -0.4 is 0 Å². The van der Waals surface area contributed by atoms with Crippen LogP contribution in [0.25, 0.3) is 10.9 Å². The Morgan fingerprint density at radius 1 is 1.17 bits per heavy atom. The van der Waals surface area contributed by atoms with Crippen molar-refractivity contribution in [1.29, 1.82) is 0 Å². The highest BCUT2D eigenvalue weighted by molar-refractivity contribution is 5.89. The third-order valence-electron chi connectivity index (χ3n) is 4.43. The number of para-hydroxylation sites is 1. The van der Waals surface area contributed by atoms with Gasteiger partial charge in [-0.1, -0.05) is 18.2 Å². The van der Waals surface area contributed by atoms with Crippen LogP contribution in [-0.4, -0.2) is 26.8 Å². The molecule has 0 saturated heterocycles. The Morgan fingerprint density at radius 2 is 1.96 bits per heavy atom. The lowest BCUT2D eigenvalue weighted by Crippen LogP contribution is -2.33. The molecule has 0 unspecified atom stereocenters. The Bertz CT molecular complexity index is 821. The molecule has 1 saturated carbocycles. The van der Waals surface area contributed by atoms with Crippen LogP contribution >= 0.6 is 0 Å². The predicted octanol–water partition coefficient (Wildman–Crippen LogP) is 3.30. The number of fused-ring (bicyclic) bond motifs is 1. The van der Waals surface area contributed by atoms with E-state index in [0.29, 0.717) is 19.0 Å². The number of H-pyrrole nitrogens is 1. The van der Waals surface area contributed by atoms with E-state index in [1.807, 2.05) is 41.4 Å². The second-order valence-corrected chi connectivity index (χ2v) is 6.14. The lowest BCUT2D eigenvalue weighted by Gasteiger charge is -2.22. The van der Waals surface area contributed by atoms with Crippen molar-refractivity contribution in [2.75, 3.05) is 0 Å². The van der Waals surface area contributed by atoms with Crippen molar-refractivity contribution in [1.82, 2.24) is 14.9 Å². The fourth-order valence-electron chi connectivity index (χ4n) is 3.03. The molecule has 1 fully saturated rings. The molecule has 4 nitrogen and oxygen atoms in total. The van der Waals surface area contributed by atoms with Gasteiger partial charge in [0, 0.05) is 42.1 Å². The summed E-state index contributed by atoms with van der Waals surface area (Å²) in [6.07, 6.45) is 8.20. The fourth-order valence-corrected chi connectivity index (χ4v) is 3.03. The van der Waals surface area contributed by atoms with Crippen LogP contribution in [0.1, 0.15) is 24.0 Å². The van der Waals surface area contributed by atoms with Gasteiger partial charge in [0.15, 0.2) is 0 Å². The van der Waals surface area contributed by atoms with E-state index in [9.17, 15) is 4.79 Å². The highest BCUT2D eigenvalue weighted by atomic mass is 16.2. The number of hydrogen-bond donors (Lipinski definition) is 1. The van der Waals surface area contributed by atoms with Gasteiger partial charge in [-0.2, -0.15) is 0 Å². The lowest BCUT2D eigenvalue weighted by molar-refractivity contribution is -0.131. The first kappa shape index (κ1) is 14.0. The lowest BCUT2D eigenvalue weighted by atomic mass is 10.1. The molecule has 4 rings (SSSR count). The van der Waals surface area contributed by atoms with Crippen molar-refractivity contribution in [3.63, 3.8) is 0 Å². The zero-order chi connectivity index (χ0) is 15.6. The molecular formula is C19H19N3O. The number of rotatable bonds is 5. The fraction of sp³-hybridized carbons (Fsp3) is 0.263. The summed E-state index contributed by atoms with van der Waals surface area (Å²) in [6, 6.07) is 12.5. The Hall–Kier alpha value is -2.62. The molecule has 1 amide bonds. The van der Waals surface area contributed by atoms with E-state index in [0.717, 1.165) is 34.9 Å². The first-order valence-electron chi connectivity index (χ1n) is 8.04. The average Bonchev–Trinajstić information content (AvgIpc) is 3.35. The SMILES string of the molecule is O=C(Cc1c[nH]c2ccccc12)N(Cc1ccncc1)C1CC1. The number of nitrogens with zero attached hydrogens (tertiary/aromatic N) is 2. The summed E-state index contributed by atoms with van der Waals surface area (Å²) in [7, 11) is 0. The van der Waals surface area contributed by atoms with E-state index >= 15 is 0 Å². The van der Waals surface area contributed by atoms with Gasteiger partial charge in [-0.05, 0) is 42.2 Å². The Labute approximate surface area is 135 Å². The van der Waals surface area contributed by atoms with Crippen molar-refractivity contribution in [2.24, 2.45) is 0 Å². The van der Waals surface area contributed by atoms with E-state index in [1.165, 1.54) is 0 Å². The summed E-state index contributed by atoms with van der Waals surface area (Å²) in [5.41, 5.74) is 3.30. The molecule has 0 spiro atoms. The molecule has 1 aromatic carbocycles. The highest BCUT2D eigenvalue weighted by Crippen LogP contribution is 2.29. The smallest absolute Gasteiger partial charge is 0.227 e. The van der Waals surface area contributed by atoms with Gasteiger partial charge < -0.3 is 9.88 Å². The van der Waals surface area contributed by atoms with E-state index in [1.54, 1.807) is 12.4 Å². The number of benzene rings is 1. The van der Waals surface area contributed by atoms with E-state index in [2.05, 4.69) is 16.0 Å². The van der Waals surface area contributed by atoms with Gasteiger partial charge in [-0.25, -0.2) is 0 Å². The number of amides is 1. The number of nitrogens with one attached hydrogen (secondary N) is 1. The number of aromatic nitrogens is 2. The molecule has 0 atom stereocenters. The second kappa shape index (κ2) is 5.88. The van der Waals surface area contributed by atoms with Crippen molar-refractivity contribution >= 4 is 16.8 Å². The molecule has 23 heavy (non-hydrogen) atoms. The molecule has 2 heterocycles. The highest BCUT2D eigenvalue weighted by Gasteiger charge is 2.32. The number of aromatic amines is 1. The minimum absolute atomic E-state index is 0.203. The standard InChI is InChI=1S/C19H19N3O/c23-19(11-15-12-21-18-4-2-1-3-17(15)18)22(16-5-6-16)13-14-7-9-20-10-8-14/h1-4,7-10,12,16,21H,5-6,11,13H2. The number of hydrogen-bond acceptors (Lipinski definition) is 2. The first-order chi connectivity index (χ1) is 11.3. The predicted molar refractivity (Wildman–Crippen MR) is 89.8 cm³/mol. The molecule has 1 aliphatic rings.